The van der Waals surface area contributed by atoms with Gasteiger partial charge in [0.2, 0.25) is 0 Å². The van der Waals surface area contributed by atoms with Gasteiger partial charge < -0.3 is 15.4 Å². The standard InChI is InChI=1S/C23H27N7O2/c1-14-8-16(24-2)4-5-20(14)29-12-15-9-17(22(32-3)10-18(15)28-29)23(31)27-19-11-26-30-13-25-7-6-21(19)30/h6-7,9-14,16,20,24H,4-5,8H2,1-3H3,(H,27,31)/t14-,16?,20-/m1/s1. The quantitative estimate of drug-likeness (QED) is 0.501. The van der Waals surface area contributed by atoms with E-state index in [-0.39, 0.29) is 5.91 Å². The van der Waals surface area contributed by atoms with Gasteiger partial charge in [0, 0.05) is 29.9 Å². The first-order chi connectivity index (χ1) is 15.6. The molecule has 5 rings (SSSR count). The van der Waals surface area contributed by atoms with Gasteiger partial charge in [0.05, 0.1) is 41.6 Å². The molecule has 0 spiro atoms. The number of methoxy groups -OCH3 is 1. The number of nitrogens with zero attached hydrogens (tertiary/aromatic N) is 5. The molecule has 9 heteroatoms. The number of carbonyl (C=O) groups excluding carboxylic acids is 1. The van der Waals surface area contributed by atoms with E-state index in [1.807, 2.05) is 25.4 Å². The lowest BCUT2D eigenvalue weighted by Crippen LogP contribution is -2.35. The van der Waals surface area contributed by atoms with E-state index in [0.29, 0.717) is 35.0 Å². The average molecular weight is 434 g/mol. The van der Waals surface area contributed by atoms with Crippen molar-refractivity contribution in [1.29, 1.82) is 0 Å². The summed E-state index contributed by atoms with van der Waals surface area (Å²) in [6.45, 7) is 2.28. The van der Waals surface area contributed by atoms with Crippen LogP contribution in [0.5, 0.6) is 5.75 Å². The number of nitrogens with one attached hydrogen (secondary N) is 2. The van der Waals surface area contributed by atoms with E-state index in [1.165, 1.54) is 0 Å². The number of hydrogen-bond donors (Lipinski definition) is 2. The van der Waals surface area contributed by atoms with Gasteiger partial charge in [-0.3, -0.25) is 9.48 Å². The van der Waals surface area contributed by atoms with Crippen molar-refractivity contribution < 1.29 is 9.53 Å². The molecule has 2 N–H and O–H groups in total. The lowest BCUT2D eigenvalue weighted by Gasteiger charge is -2.34. The average Bonchev–Trinajstić information content (AvgIpc) is 3.41. The molecular weight excluding hydrogens is 406 g/mol. The third-order valence-corrected chi connectivity index (χ3v) is 6.54. The molecule has 0 aliphatic heterocycles. The first-order valence-corrected chi connectivity index (χ1v) is 10.9. The monoisotopic (exact) mass is 433 g/mol. The molecule has 4 aromatic rings. The molecule has 3 aromatic heterocycles. The number of aromatic nitrogens is 5. The van der Waals surface area contributed by atoms with Gasteiger partial charge in [0.1, 0.15) is 12.1 Å². The van der Waals surface area contributed by atoms with Crippen molar-refractivity contribution in [3.05, 3.63) is 48.7 Å². The van der Waals surface area contributed by atoms with Gasteiger partial charge in [-0.25, -0.2) is 9.50 Å². The van der Waals surface area contributed by atoms with E-state index in [2.05, 4.69) is 32.3 Å². The molecule has 32 heavy (non-hydrogen) atoms. The third kappa shape index (κ3) is 3.58. The predicted octanol–water partition coefficient (Wildman–Crippen LogP) is 3.29. The highest BCUT2D eigenvalue weighted by Crippen LogP contribution is 2.35. The Morgan fingerprint density at radius 1 is 1.28 bits per heavy atom. The molecular formula is C23H27N7O2. The van der Waals surface area contributed by atoms with E-state index in [1.54, 1.807) is 36.4 Å². The van der Waals surface area contributed by atoms with E-state index in [0.717, 1.165) is 35.7 Å². The first kappa shape index (κ1) is 20.4. The Kier molecular flexibility index (Phi) is 5.26. The fourth-order valence-corrected chi connectivity index (χ4v) is 4.75. The van der Waals surface area contributed by atoms with Crippen LogP contribution in [0.4, 0.5) is 5.69 Å². The Labute approximate surface area is 185 Å². The molecule has 0 radical (unpaired) electrons. The minimum Gasteiger partial charge on any atom is -0.496 e. The second-order valence-electron chi connectivity index (χ2n) is 8.49. The van der Waals surface area contributed by atoms with Crippen molar-refractivity contribution in [3.63, 3.8) is 0 Å². The summed E-state index contributed by atoms with van der Waals surface area (Å²) < 4.78 is 9.22. The Morgan fingerprint density at radius 2 is 2.16 bits per heavy atom. The summed E-state index contributed by atoms with van der Waals surface area (Å²) in [6.07, 6.45) is 10.3. The summed E-state index contributed by atoms with van der Waals surface area (Å²) in [5, 5.41) is 16.3. The number of carbonyl (C=O) groups is 1. The molecule has 3 heterocycles. The van der Waals surface area contributed by atoms with Crippen LogP contribution in [-0.2, 0) is 0 Å². The molecule has 1 unspecified atom stereocenters. The fraction of sp³-hybridized carbons (Fsp3) is 0.391. The lowest BCUT2D eigenvalue weighted by atomic mass is 9.83. The summed E-state index contributed by atoms with van der Waals surface area (Å²) in [4.78, 5) is 17.2. The summed E-state index contributed by atoms with van der Waals surface area (Å²) in [5.74, 6) is 0.752. The zero-order valence-corrected chi connectivity index (χ0v) is 18.4. The summed E-state index contributed by atoms with van der Waals surface area (Å²) >= 11 is 0. The first-order valence-electron chi connectivity index (χ1n) is 10.9. The number of hydrogen-bond acceptors (Lipinski definition) is 6. The number of rotatable bonds is 5. The molecule has 166 valence electrons. The number of ether oxygens (including phenoxy) is 1. The lowest BCUT2D eigenvalue weighted by molar-refractivity contribution is 0.102. The largest absolute Gasteiger partial charge is 0.496 e. The van der Waals surface area contributed by atoms with Crippen molar-refractivity contribution in [2.24, 2.45) is 5.92 Å². The maximum absolute atomic E-state index is 13.1. The molecule has 0 bridgehead atoms. The van der Waals surface area contributed by atoms with Gasteiger partial charge >= 0.3 is 0 Å². The second kappa shape index (κ2) is 8.23. The Bertz CT molecular complexity index is 1280. The summed E-state index contributed by atoms with van der Waals surface area (Å²) in [6, 6.07) is 6.41. The van der Waals surface area contributed by atoms with E-state index in [4.69, 9.17) is 9.84 Å². The van der Waals surface area contributed by atoms with Crippen LogP contribution >= 0.6 is 0 Å². The zero-order valence-electron chi connectivity index (χ0n) is 18.4. The summed E-state index contributed by atoms with van der Waals surface area (Å²) in [5.41, 5.74) is 2.67. The van der Waals surface area contributed by atoms with Crippen LogP contribution < -0.4 is 15.4 Å². The topological polar surface area (TPSA) is 98.4 Å². The van der Waals surface area contributed by atoms with E-state index < -0.39 is 0 Å². The highest BCUT2D eigenvalue weighted by Gasteiger charge is 2.29. The highest BCUT2D eigenvalue weighted by molar-refractivity contribution is 6.09. The minimum atomic E-state index is -0.258. The Hall–Kier alpha value is -3.46. The number of benzene rings is 1. The van der Waals surface area contributed by atoms with Crippen molar-refractivity contribution >= 4 is 28.0 Å². The molecule has 1 aliphatic rings. The minimum absolute atomic E-state index is 0.258. The second-order valence-corrected chi connectivity index (χ2v) is 8.49. The van der Waals surface area contributed by atoms with Crippen LogP contribution in [0.3, 0.4) is 0 Å². The molecule has 1 amide bonds. The highest BCUT2D eigenvalue weighted by atomic mass is 16.5. The van der Waals surface area contributed by atoms with Gasteiger partial charge in [-0.05, 0) is 44.4 Å². The normalized spacial score (nSPS) is 21.2. The number of amides is 1. The molecule has 0 saturated heterocycles. The van der Waals surface area contributed by atoms with E-state index in [9.17, 15) is 4.79 Å². The zero-order chi connectivity index (χ0) is 22.2. The van der Waals surface area contributed by atoms with Gasteiger partial charge in [-0.1, -0.05) is 6.92 Å². The Morgan fingerprint density at radius 3 is 2.94 bits per heavy atom. The molecule has 1 saturated carbocycles. The van der Waals surface area contributed by atoms with Crippen molar-refractivity contribution in [3.8, 4) is 5.75 Å². The van der Waals surface area contributed by atoms with Crippen LogP contribution in [0.25, 0.3) is 16.4 Å². The predicted molar refractivity (Wildman–Crippen MR) is 122 cm³/mol. The van der Waals surface area contributed by atoms with Gasteiger partial charge in [-0.15, -0.1) is 0 Å². The van der Waals surface area contributed by atoms with Crippen LogP contribution in [0.1, 0.15) is 42.6 Å². The van der Waals surface area contributed by atoms with Crippen LogP contribution in [0, 0.1) is 5.92 Å². The maximum Gasteiger partial charge on any atom is 0.259 e. The molecule has 1 aromatic carbocycles. The molecule has 9 nitrogen and oxygen atoms in total. The fourth-order valence-electron chi connectivity index (χ4n) is 4.75. The molecule has 1 aliphatic carbocycles. The van der Waals surface area contributed by atoms with Crippen molar-refractivity contribution in [2.45, 2.75) is 38.3 Å². The third-order valence-electron chi connectivity index (χ3n) is 6.54. The number of fused-ring (bicyclic) bond motifs is 2. The molecule has 1 fully saturated rings. The smallest absolute Gasteiger partial charge is 0.259 e. The van der Waals surface area contributed by atoms with Gasteiger partial charge in [0.15, 0.2) is 0 Å². The SMILES string of the molecule is CNC1CC[C@@H](n2cc3cc(C(=O)Nc4cnn5cnccc45)c(OC)cc3n2)[C@H](C)C1. The molecule has 3 atom stereocenters. The number of anilines is 1. The van der Waals surface area contributed by atoms with Crippen molar-refractivity contribution in [1.82, 2.24) is 29.7 Å². The van der Waals surface area contributed by atoms with Gasteiger partial charge in [-0.2, -0.15) is 10.2 Å². The summed E-state index contributed by atoms with van der Waals surface area (Å²) in [7, 11) is 3.60. The Balaban J connectivity index is 1.45. The van der Waals surface area contributed by atoms with Crippen molar-refractivity contribution in [2.75, 3.05) is 19.5 Å². The van der Waals surface area contributed by atoms with Crippen LogP contribution in [0.2, 0.25) is 0 Å². The maximum atomic E-state index is 13.1. The van der Waals surface area contributed by atoms with Crippen LogP contribution in [-0.4, -0.2) is 50.5 Å². The van der Waals surface area contributed by atoms with E-state index >= 15 is 0 Å². The van der Waals surface area contributed by atoms with Gasteiger partial charge in [0.25, 0.3) is 5.91 Å². The van der Waals surface area contributed by atoms with Crippen LogP contribution in [0.15, 0.2) is 43.1 Å².